The van der Waals surface area contributed by atoms with Gasteiger partial charge in [0.15, 0.2) is 5.16 Å². The minimum atomic E-state index is -0.373. The summed E-state index contributed by atoms with van der Waals surface area (Å²) < 4.78 is 0. The summed E-state index contributed by atoms with van der Waals surface area (Å²) in [5.41, 5.74) is 7.02. The molecule has 1 atom stereocenters. The van der Waals surface area contributed by atoms with Gasteiger partial charge in [0, 0.05) is 11.8 Å². The Morgan fingerprint density at radius 2 is 2.10 bits per heavy atom. The maximum absolute atomic E-state index is 12.2. The fraction of sp³-hybridized carbons (Fsp3) is 0.214. The van der Waals surface area contributed by atoms with E-state index in [2.05, 4.69) is 15.3 Å². The molecular weight excluding hydrogens is 308 g/mol. The smallest absolute Gasteiger partial charge is 0.237 e. The van der Waals surface area contributed by atoms with Crippen LogP contribution in [0.3, 0.4) is 0 Å². The second-order valence-electron chi connectivity index (χ2n) is 4.45. The average Bonchev–Trinajstić information content (AvgIpc) is 2.40. The molecule has 1 aromatic carbocycles. The van der Waals surface area contributed by atoms with Gasteiger partial charge in [0.25, 0.3) is 0 Å². The maximum atomic E-state index is 12.2. The van der Waals surface area contributed by atoms with Crippen LogP contribution in [0.2, 0.25) is 5.02 Å². The van der Waals surface area contributed by atoms with Crippen molar-refractivity contribution in [3.05, 3.63) is 41.0 Å². The molecule has 0 spiro atoms. The van der Waals surface area contributed by atoms with E-state index in [0.29, 0.717) is 21.7 Å². The van der Waals surface area contributed by atoms with Crippen LogP contribution in [0.4, 0.5) is 11.5 Å². The van der Waals surface area contributed by atoms with Gasteiger partial charge in [-0.3, -0.25) is 4.79 Å². The van der Waals surface area contributed by atoms with Crippen molar-refractivity contribution in [1.29, 1.82) is 0 Å². The fourth-order valence-electron chi connectivity index (χ4n) is 1.63. The van der Waals surface area contributed by atoms with Crippen molar-refractivity contribution in [2.75, 3.05) is 11.1 Å². The number of thioether (sulfide) groups is 1. The third-order valence-electron chi connectivity index (χ3n) is 2.64. The first-order valence-electron chi connectivity index (χ1n) is 6.29. The molecular formula is C14H15ClN4OS. The van der Waals surface area contributed by atoms with Gasteiger partial charge >= 0.3 is 0 Å². The molecule has 1 heterocycles. The maximum Gasteiger partial charge on any atom is 0.237 e. The summed E-state index contributed by atoms with van der Waals surface area (Å²) in [6.07, 6.45) is 0. The highest BCUT2D eigenvalue weighted by molar-refractivity contribution is 8.00. The second-order valence-corrected chi connectivity index (χ2v) is 6.16. The molecule has 2 rings (SSSR count). The zero-order valence-electron chi connectivity index (χ0n) is 11.6. The number of hydrogen-bond acceptors (Lipinski definition) is 5. The molecule has 3 N–H and O–H groups in total. The van der Waals surface area contributed by atoms with Crippen LogP contribution in [0.5, 0.6) is 0 Å². The molecule has 0 bridgehead atoms. The number of rotatable bonds is 4. The normalized spacial score (nSPS) is 12.0. The van der Waals surface area contributed by atoms with E-state index in [1.54, 1.807) is 31.2 Å². The van der Waals surface area contributed by atoms with E-state index in [-0.39, 0.29) is 11.2 Å². The number of nitrogens with two attached hydrogens (primary N) is 1. The molecule has 0 fully saturated rings. The Balaban J connectivity index is 2.04. The van der Waals surface area contributed by atoms with Crippen molar-refractivity contribution >= 4 is 40.8 Å². The van der Waals surface area contributed by atoms with Gasteiger partial charge in [-0.15, -0.1) is 0 Å². The molecule has 21 heavy (non-hydrogen) atoms. The van der Waals surface area contributed by atoms with Gasteiger partial charge < -0.3 is 11.1 Å². The first-order chi connectivity index (χ1) is 9.95. The van der Waals surface area contributed by atoms with Gasteiger partial charge in [-0.05, 0) is 26.0 Å². The molecule has 0 unspecified atom stereocenters. The minimum absolute atomic E-state index is 0.170. The summed E-state index contributed by atoms with van der Waals surface area (Å²) in [4.78, 5) is 20.5. The zero-order valence-corrected chi connectivity index (χ0v) is 13.2. The molecule has 0 saturated carbocycles. The predicted molar refractivity (Wildman–Crippen MR) is 86.6 cm³/mol. The summed E-state index contributed by atoms with van der Waals surface area (Å²) in [6.45, 7) is 3.61. The van der Waals surface area contributed by atoms with E-state index in [4.69, 9.17) is 17.3 Å². The largest absolute Gasteiger partial charge is 0.384 e. The number of carbonyl (C=O) groups excluding carboxylic acids is 1. The van der Waals surface area contributed by atoms with E-state index in [0.717, 1.165) is 5.69 Å². The monoisotopic (exact) mass is 322 g/mol. The summed E-state index contributed by atoms with van der Waals surface area (Å²) in [5.74, 6) is 0.223. The lowest BCUT2D eigenvalue weighted by molar-refractivity contribution is -0.115. The number of para-hydroxylation sites is 1. The van der Waals surface area contributed by atoms with Crippen molar-refractivity contribution in [1.82, 2.24) is 9.97 Å². The van der Waals surface area contributed by atoms with Crippen molar-refractivity contribution < 1.29 is 4.79 Å². The quantitative estimate of drug-likeness (QED) is 0.667. The second kappa shape index (κ2) is 6.78. The number of amides is 1. The lowest BCUT2D eigenvalue weighted by Gasteiger charge is -2.12. The SMILES string of the molecule is Cc1cc(N)nc(S[C@H](C)C(=O)Nc2ccccc2Cl)n1. The average molecular weight is 323 g/mol. The van der Waals surface area contributed by atoms with E-state index in [1.807, 2.05) is 13.0 Å². The number of nitrogens with one attached hydrogen (secondary N) is 1. The summed E-state index contributed by atoms with van der Waals surface area (Å²) in [7, 11) is 0. The van der Waals surface area contributed by atoms with Crippen LogP contribution in [0.1, 0.15) is 12.6 Å². The summed E-state index contributed by atoms with van der Waals surface area (Å²) >= 11 is 7.26. The Kier molecular flexibility index (Phi) is 5.03. The molecule has 0 aliphatic rings. The lowest BCUT2D eigenvalue weighted by atomic mass is 10.3. The van der Waals surface area contributed by atoms with Crippen LogP contribution in [0, 0.1) is 6.92 Å². The molecule has 0 aliphatic carbocycles. The number of nitrogen functional groups attached to an aromatic ring is 1. The highest BCUT2D eigenvalue weighted by Gasteiger charge is 2.17. The topological polar surface area (TPSA) is 80.9 Å². The van der Waals surface area contributed by atoms with Gasteiger partial charge in [0.05, 0.1) is 16.0 Å². The minimum Gasteiger partial charge on any atom is -0.384 e. The third-order valence-corrected chi connectivity index (χ3v) is 3.93. The van der Waals surface area contributed by atoms with Crippen LogP contribution in [0.25, 0.3) is 0 Å². The number of anilines is 2. The van der Waals surface area contributed by atoms with Gasteiger partial charge in [0.2, 0.25) is 5.91 Å². The molecule has 110 valence electrons. The first kappa shape index (κ1) is 15.6. The Hall–Kier alpha value is -1.79. The lowest BCUT2D eigenvalue weighted by Crippen LogP contribution is -2.23. The zero-order chi connectivity index (χ0) is 15.4. The Labute approximate surface area is 132 Å². The predicted octanol–water partition coefficient (Wildman–Crippen LogP) is 3.14. The van der Waals surface area contributed by atoms with Crippen LogP contribution in [-0.4, -0.2) is 21.1 Å². The van der Waals surface area contributed by atoms with E-state index < -0.39 is 0 Å². The van der Waals surface area contributed by atoms with Crippen LogP contribution < -0.4 is 11.1 Å². The van der Waals surface area contributed by atoms with Gasteiger partial charge in [-0.2, -0.15) is 0 Å². The first-order valence-corrected chi connectivity index (χ1v) is 7.54. The summed E-state index contributed by atoms with van der Waals surface area (Å²) in [6, 6.07) is 8.76. The molecule has 0 aliphatic heterocycles. The number of benzene rings is 1. The summed E-state index contributed by atoms with van der Waals surface area (Å²) in [5, 5.41) is 3.39. The van der Waals surface area contributed by atoms with E-state index in [9.17, 15) is 4.79 Å². The Bertz CT molecular complexity index is 645. The number of aromatic nitrogens is 2. The molecule has 1 amide bonds. The molecule has 0 saturated heterocycles. The van der Waals surface area contributed by atoms with Gasteiger partial charge in [-0.1, -0.05) is 35.5 Å². The van der Waals surface area contributed by atoms with E-state index >= 15 is 0 Å². The number of carbonyl (C=O) groups is 1. The molecule has 2 aromatic rings. The molecule has 7 heteroatoms. The van der Waals surface area contributed by atoms with Crippen LogP contribution >= 0.6 is 23.4 Å². The van der Waals surface area contributed by atoms with Gasteiger partial charge in [0.1, 0.15) is 5.82 Å². The third kappa shape index (κ3) is 4.34. The van der Waals surface area contributed by atoms with Crippen LogP contribution in [-0.2, 0) is 4.79 Å². The fourth-order valence-corrected chi connectivity index (χ4v) is 2.65. The van der Waals surface area contributed by atoms with Crippen molar-refractivity contribution in [2.45, 2.75) is 24.3 Å². The Morgan fingerprint density at radius 1 is 1.38 bits per heavy atom. The Morgan fingerprint density at radius 3 is 2.76 bits per heavy atom. The highest BCUT2D eigenvalue weighted by Crippen LogP contribution is 2.24. The number of nitrogens with zero attached hydrogens (tertiary/aromatic N) is 2. The van der Waals surface area contributed by atoms with E-state index in [1.165, 1.54) is 11.8 Å². The number of hydrogen-bond donors (Lipinski definition) is 2. The van der Waals surface area contributed by atoms with Crippen molar-refractivity contribution in [3.8, 4) is 0 Å². The van der Waals surface area contributed by atoms with Crippen molar-refractivity contribution in [3.63, 3.8) is 0 Å². The standard InChI is InChI=1S/C14H15ClN4OS/c1-8-7-12(16)19-14(17-8)21-9(2)13(20)18-11-6-4-3-5-10(11)15/h3-7,9H,1-2H3,(H,18,20)(H2,16,17,19)/t9-/m1/s1. The van der Waals surface area contributed by atoms with Crippen LogP contribution in [0.15, 0.2) is 35.5 Å². The highest BCUT2D eigenvalue weighted by atomic mass is 35.5. The number of aryl methyl sites for hydroxylation is 1. The van der Waals surface area contributed by atoms with Gasteiger partial charge in [-0.25, -0.2) is 9.97 Å². The molecule has 0 radical (unpaired) electrons. The molecule has 1 aromatic heterocycles. The van der Waals surface area contributed by atoms with Crippen molar-refractivity contribution in [2.24, 2.45) is 0 Å². The number of halogens is 1. The molecule has 5 nitrogen and oxygen atoms in total.